The standard InChI is InChI=1S/C17H20FNO2/c1-12(2)21-17-13(7-6-10-16(17)20-3)11-19-15-9-5-4-8-14(15)18/h4-10,12,19H,11H2,1-3H3. The molecule has 0 amide bonds. The first-order valence-electron chi connectivity index (χ1n) is 6.92. The molecule has 0 atom stereocenters. The van der Waals surface area contributed by atoms with Crippen molar-refractivity contribution in [2.75, 3.05) is 12.4 Å². The molecule has 0 aromatic heterocycles. The Morgan fingerprint density at radius 2 is 1.86 bits per heavy atom. The number of nitrogens with one attached hydrogen (secondary N) is 1. The molecule has 3 nitrogen and oxygen atoms in total. The van der Waals surface area contributed by atoms with E-state index in [4.69, 9.17) is 9.47 Å². The lowest BCUT2D eigenvalue weighted by atomic mass is 10.1. The number of halogens is 1. The van der Waals surface area contributed by atoms with Crippen LogP contribution in [0.4, 0.5) is 10.1 Å². The second kappa shape index (κ2) is 6.97. The van der Waals surface area contributed by atoms with E-state index < -0.39 is 0 Å². The zero-order chi connectivity index (χ0) is 15.2. The molecule has 0 saturated heterocycles. The molecule has 0 saturated carbocycles. The second-order valence-electron chi connectivity index (χ2n) is 4.95. The Balaban J connectivity index is 2.21. The molecule has 0 bridgehead atoms. The van der Waals surface area contributed by atoms with E-state index in [0.29, 0.717) is 23.7 Å². The quantitative estimate of drug-likeness (QED) is 0.863. The first kappa shape index (κ1) is 15.2. The first-order valence-corrected chi connectivity index (χ1v) is 6.92. The zero-order valence-electron chi connectivity index (χ0n) is 12.5. The normalized spacial score (nSPS) is 10.5. The van der Waals surface area contributed by atoms with Crippen molar-refractivity contribution in [2.24, 2.45) is 0 Å². The fourth-order valence-corrected chi connectivity index (χ4v) is 2.03. The molecule has 0 heterocycles. The smallest absolute Gasteiger partial charge is 0.166 e. The fraction of sp³-hybridized carbons (Fsp3) is 0.294. The molecule has 0 aliphatic carbocycles. The summed E-state index contributed by atoms with van der Waals surface area (Å²) in [6.07, 6.45) is 0.0357. The topological polar surface area (TPSA) is 30.5 Å². The van der Waals surface area contributed by atoms with Crippen molar-refractivity contribution in [1.29, 1.82) is 0 Å². The Bertz CT molecular complexity index is 599. The van der Waals surface area contributed by atoms with Gasteiger partial charge in [-0.05, 0) is 32.0 Å². The molecule has 0 radical (unpaired) electrons. The number of rotatable bonds is 6. The van der Waals surface area contributed by atoms with Gasteiger partial charge >= 0.3 is 0 Å². The average molecular weight is 289 g/mol. The minimum atomic E-state index is -0.272. The summed E-state index contributed by atoms with van der Waals surface area (Å²) in [5, 5.41) is 3.08. The molecular formula is C17H20FNO2. The maximum absolute atomic E-state index is 13.6. The van der Waals surface area contributed by atoms with Crippen molar-refractivity contribution in [3.05, 3.63) is 53.8 Å². The summed E-state index contributed by atoms with van der Waals surface area (Å²) in [4.78, 5) is 0. The Labute approximate surface area is 124 Å². The summed E-state index contributed by atoms with van der Waals surface area (Å²) in [6, 6.07) is 12.3. The van der Waals surface area contributed by atoms with Gasteiger partial charge in [0, 0.05) is 12.1 Å². The molecule has 2 rings (SSSR count). The largest absolute Gasteiger partial charge is 0.493 e. The van der Waals surface area contributed by atoms with Gasteiger partial charge in [-0.1, -0.05) is 24.3 Å². The first-order chi connectivity index (χ1) is 10.1. The molecule has 4 heteroatoms. The van der Waals surface area contributed by atoms with E-state index in [-0.39, 0.29) is 11.9 Å². The summed E-state index contributed by atoms with van der Waals surface area (Å²) in [6.45, 7) is 4.38. The van der Waals surface area contributed by atoms with Gasteiger partial charge in [0.15, 0.2) is 11.5 Å². The molecule has 21 heavy (non-hydrogen) atoms. The van der Waals surface area contributed by atoms with Gasteiger partial charge in [-0.3, -0.25) is 0 Å². The number of methoxy groups -OCH3 is 1. The van der Waals surface area contributed by atoms with Crippen LogP contribution >= 0.6 is 0 Å². The predicted octanol–water partition coefficient (Wildman–Crippen LogP) is 4.23. The zero-order valence-corrected chi connectivity index (χ0v) is 12.5. The van der Waals surface area contributed by atoms with Crippen LogP contribution in [0.1, 0.15) is 19.4 Å². The molecule has 0 spiro atoms. The van der Waals surface area contributed by atoms with E-state index in [1.807, 2.05) is 32.0 Å². The van der Waals surface area contributed by atoms with Crippen LogP contribution in [0.2, 0.25) is 0 Å². The van der Waals surface area contributed by atoms with Crippen molar-refractivity contribution in [3.8, 4) is 11.5 Å². The van der Waals surface area contributed by atoms with Gasteiger partial charge in [-0.25, -0.2) is 4.39 Å². The Hall–Kier alpha value is -2.23. The number of benzene rings is 2. The van der Waals surface area contributed by atoms with E-state index in [2.05, 4.69) is 5.32 Å². The van der Waals surface area contributed by atoms with Crippen LogP contribution in [0.5, 0.6) is 11.5 Å². The van der Waals surface area contributed by atoms with Gasteiger partial charge < -0.3 is 14.8 Å². The highest BCUT2D eigenvalue weighted by Gasteiger charge is 2.12. The van der Waals surface area contributed by atoms with E-state index in [1.165, 1.54) is 6.07 Å². The van der Waals surface area contributed by atoms with Crippen molar-refractivity contribution < 1.29 is 13.9 Å². The van der Waals surface area contributed by atoms with Crippen molar-refractivity contribution in [3.63, 3.8) is 0 Å². The number of hydrogen-bond donors (Lipinski definition) is 1. The fourth-order valence-electron chi connectivity index (χ4n) is 2.03. The molecular weight excluding hydrogens is 269 g/mol. The summed E-state index contributed by atoms with van der Waals surface area (Å²) < 4.78 is 24.8. The van der Waals surface area contributed by atoms with Crippen molar-refractivity contribution in [2.45, 2.75) is 26.5 Å². The molecule has 0 aliphatic heterocycles. The van der Waals surface area contributed by atoms with E-state index >= 15 is 0 Å². The molecule has 0 unspecified atom stereocenters. The van der Waals surface area contributed by atoms with E-state index in [1.54, 1.807) is 25.3 Å². The molecule has 1 N–H and O–H groups in total. The highest BCUT2D eigenvalue weighted by Crippen LogP contribution is 2.32. The van der Waals surface area contributed by atoms with Crippen LogP contribution < -0.4 is 14.8 Å². The summed E-state index contributed by atoms with van der Waals surface area (Å²) in [5.74, 6) is 1.10. The summed E-state index contributed by atoms with van der Waals surface area (Å²) in [7, 11) is 1.61. The van der Waals surface area contributed by atoms with E-state index in [0.717, 1.165) is 5.56 Å². The SMILES string of the molecule is COc1cccc(CNc2ccccc2F)c1OC(C)C. The second-order valence-corrected chi connectivity index (χ2v) is 4.95. The van der Waals surface area contributed by atoms with Crippen LogP contribution in [-0.2, 0) is 6.54 Å². The lowest BCUT2D eigenvalue weighted by Gasteiger charge is -2.18. The number of hydrogen-bond acceptors (Lipinski definition) is 3. The van der Waals surface area contributed by atoms with Crippen LogP contribution in [0.25, 0.3) is 0 Å². The molecule has 112 valence electrons. The highest BCUT2D eigenvalue weighted by atomic mass is 19.1. The number of para-hydroxylation sites is 2. The molecule has 0 fully saturated rings. The molecule has 2 aromatic carbocycles. The third kappa shape index (κ3) is 3.88. The number of anilines is 1. The maximum atomic E-state index is 13.6. The minimum absolute atomic E-state index is 0.0357. The highest BCUT2D eigenvalue weighted by molar-refractivity contribution is 5.50. The van der Waals surface area contributed by atoms with Gasteiger partial charge in [-0.15, -0.1) is 0 Å². The lowest BCUT2D eigenvalue weighted by Crippen LogP contribution is -2.10. The van der Waals surface area contributed by atoms with Crippen LogP contribution in [0.3, 0.4) is 0 Å². The van der Waals surface area contributed by atoms with Gasteiger partial charge in [0.2, 0.25) is 0 Å². The minimum Gasteiger partial charge on any atom is -0.493 e. The summed E-state index contributed by atoms with van der Waals surface area (Å²) in [5.41, 5.74) is 1.39. The Morgan fingerprint density at radius 3 is 2.52 bits per heavy atom. The van der Waals surface area contributed by atoms with Gasteiger partial charge in [0.25, 0.3) is 0 Å². The van der Waals surface area contributed by atoms with Crippen molar-refractivity contribution in [1.82, 2.24) is 0 Å². The monoisotopic (exact) mass is 289 g/mol. The van der Waals surface area contributed by atoms with Crippen molar-refractivity contribution >= 4 is 5.69 Å². The van der Waals surface area contributed by atoms with Gasteiger partial charge in [-0.2, -0.15) is 0 Å². The van der Waals surface area contributed by atoms with Crippen LogP contribution in [-0.4, -0.2) is 13.2 Å². The third-order valence-corrected chi connectivity index (χ3v) is 2.98. The van der Waals surface area contributed by atoms with Gasteiger partial charge in [0.05, 0.1) is 18.9 Å². The van der Waals surface area contributed by atoms with Crippen LogP contribution in [0, 0.1) is 5.82 Å². The lowest BCUT2D eigenvalue weighted by molar-refractivity contribution is 0.228. The van der Waals surface area contributed by atoms with Gasteiger partial charge in [0.1, 0.15) is 5.82 Å². The average Bonchev–Trinajstić information content (AvgIpc) is 2.47. The molecule has 2 aromatic rings. The van der Waals surface area contributed by atoms with Crippen LogP contribution in [0.15, 0.2) is 42.5 Å². The Morgan fingerprint density at radius 1 is 1.10 bits per heavy atom. The maximum Gasteiger partial charge on any atom is 0.166 e. The number of ether oxygens (including phenoxy) is 2. The third-order valence-electron chi connectivity index (χ3n) is 2.98. The molecule has 0 aliphatic rings. The summed E-state index contributed by atoms with van der Waals surface area (Å²) >= 11 is 0. The van der Waals surface area contributed by atoms with E-state index in [9.17, 15) is 4.39 Å². The Kier molecular flexibility index (Phi) is 5.04. The predicted molar refractivity (Wildman–Crippen MR) is 82.5 cm³/mol.